The van der Waals surface area contributed by atoms with Crippen LogP contribution < -0.4 is 16.2 Å². The van der Waals surface area contributed by atoms with Crippen LogP contribution in [0.1, 0.15) is 252 Å². The Hall–Kier alpha value is -3.24. The van der Waals surface area contributed by atoms with Crippen molar-refractivity contribution >= 4 is 23.9 Å². The fourth-order valence-corrected chi connectivity index (χ4v) is 22.5. The van der Waals surface area contributed by atoms with Gasteiger partial charge in [0.25, 0.3) is 0 Å². The zero-order chi connectivity index (χ0) is 64.8. The first-order valence-electron chi connectivity index (χ1n) is 35.2. The minimum absolute atomic E-state index is 0.00381. The van der Waals surface area contributed by atoms with E-state index in [-0.39, 0.29) is 82.4 Å². The number of carbonyl (C=O) groups is 4. The molecular formula is C74H122N3O11+. The quantitative estimate of drug-likeness (QED) is 0.0102. The maximum atomic E-state index is 15.9. The SMILES string of the molecule is CCCCCC[NH+](CCCCCC)NC1C[C@@]2(C)C([C@H](O)C[C@@H]3C(=C(CCC=C(C)C)C(=O)OC(=O)C(CCC=C(C)C)=C4[C@@H](OC(C)=O)C[C@@]5(C)[C@@H]4C[C@@H](O)C4[C@@]6(C)CC[C@@H](O)[C@@H](C)C6C(N)C[C@@]45C)[C@@H](OC(C)=O)C[C@@]32C)[C@@]2(C)CC[C@@H](O)[C@@H](C)C12. The largest absolute Gasteiger partial charge is 0.458 e. The van der Waals surface area contributed by atoms with Gasteiger partial charge in [-0.2, -0.15) is 5.43 Å². The van der Waals surface area contributed by atoms with Crippen molar-refractivity contribution in [2.24, 2.45) is 85.6 Å². The number of aliphatic hydroxyl groups excluding tert-OH is 4. The summed E-state index contributed by atoms with van der Waals surface area (Å²) in [5.41, 5.74) is 12.4. The van der Waals surface area contributed by atoms with Gasteiger partial charge in [-0.15, -0.1) is 0 Å². The second kappa shape index (κ2) is 27.8. The van der Waals surface area contributed by atoms with E-state index in [4.69, 9.17) is 19.9 Å². The Bertz CT molecular complexity index is 2650. The van der Waals surface area contributed by atoms with E-state index >= 15 is 9.59 Å². The molecule has 0 heterocycles. The number of allylic oxidation sites excluding steroid dienone is 4. The lowest BCUT2D eigenvalue weighted by Gasteiger charge is -2.70. The van der Waals surface area contributed by atoms with Crippen LogP contribution in [0.25, 0.3) is 0 Å². The van der Waals surface area contributed by atoms with Gasteiger partial charge in [0.15, 0.2) is 0 Å². The predicted molar refractivity (Wildman–Crippen MR) is 346 cm³/mol. The molecule has 0 aromatic carbocycles. The summed E-state index contributed by atoms with van der Waals surface area (Å²) in [6.07, 6.45) is 16.0. The lowest BCUT2D eigenvalue weighted by atomic mass is 9.35. The highest BCUT2D eigenvalue weighted by molar-refractivity contribution is 6.03. The Balaban J connectivity index is 1.24. The number of hydrogen-bond acceptors (Lipinski definition) is 13. The van der Waals surface area contributed by atoms with Crippen molar-refractivity contribution in [3.8, 4) is 0 Å². The molecule has 8 N–H and O–H groups in total. The molecule has 0 saturated heterocycles. The number of quaternary nitrogens is 1. The van der Waals surface area contributed by atoms with Crippen molar-refractivity contribution in [2.75, 3.05) is 13.1 Å². The topological polar surface area (TPSA) is 219 Å². The summed E-state index contributed by atoms with van der Waals surface area (Å²) in [4.78, 5) is 58.7. The number of nitrogens with one attached hydrogen (secondary N) is 2. The van der Waals surface area contributed by atoms with E-state index in [0.29, 0.717) is 68.9 Å². The van der Waals surface area contributed by atoms with Crippen LogP contribution in [-0.2, 0) is 33.4 Å². The van der Waals surface area contributed by atoms with Gasteiger partial charge in [0.2, 0.25) is 0 Å². The molecule has 14 heteroatoms. The number of rotatable bonds is 22. The first kappa shape index (κ1) is 70.6. The molecule has 0 aromatic rings. The Morgan fingerprint density at radius 1 is 0.568 bits per heavy atom. The number of hydrogen-bond donors (Lipinski definition) is 7. The molecule has 6 unspecified atom stereocenters. The predicted octanol–water partition coefficient (Wildman–Crippen LogP) is 11.7. The van der Waals surface area contributed by atoms with Crippen molar-refractivity contribution in [3.05, 3.63) is 45.6 Å². The molecule has 8 saturated carbocycles. The molecule has 0 spiro atoms. The zero-order valence-corrected chi connectivity index (χ0v) is 57.6. The second-order valence-electron chi connectivity index (χ2n) is 32.2. The summed E-state index contributed by atoms with van der Waals surface area (Å²) < 4.78 is 19.3. The van der Waals surface area contributed by atoms with Gasteiger partial charge in [-0.1, -0.05) is 118 Å². The van der Waals surface area contributed by atoms with Gasteiger partial charge < -0.3 is 40.4 Å². The third-order valence-corrected chi connectivity index (χ3v) is 26.3. The summed E-state index contributed by atoms with van der Waals surface area (Å²) in [6, 6.07) is -0.276. The number of nitrogens with two attached hydrogens (primary N) is 1. The number of carbonyl (C=O) groups excluding carboxylic acids is 4. The van der Waals surface area contributed by atoms with E-state index in [1.165, 1.54) is 57.4 Å². The highest BCUT2D eigenvalue weighted by Gasteiger charge is 2.75. The molecule has 8 aliphatic carbocycles. The van der Waals surface area contributed by atoms with Gasteiger partial charge in [0, 0.05) is 31.0 Å². The number of aliphatic hydroxyl groups is 4. The van der Waals surface area contributed by atoms with Crippen molar-refractivity contribution in [2.45, 2.75) is 301 Å². The molecule has 0 amide bonds. The molecule has 8 rings (SSSR count). The van der Waals surface area contributed by atoms with E-state index < -0.39 is 94.0 Å². The highest BCUT2D eigenvalue weighted by atomic mass is 16.6. The van der Waals surface area contributed by atoms with Crippen molar-refractivity contribution < 1.29 is 58.8 Å². The fraction of sp³-hybridized carbons (Fsp3) is 0.838. The molecule has 0 aromatic heterocycles. The zero-order valence-electron chi connectivity index (χ0n) is 57.6. The molecule has 498 valence electrons. The van der Waals surface area contributed by atoms with Gasteiger partial charge in [0.05, 0.1) is 43.5 Å². The standard InChI is InChI=1S/C74H121N3O11/c1-17-19-21-23-35-77(36-24-22-20-18-2)76-54-40-74(16)66(70(12)34-32-56(81)46(8)64(54)70)58(83)38-52-62(60(87-48(10)79)42-72(52,74)14)50(30-26-28-44(5)6)68(85)88-67(84)49(29-25-27-43(3)4)61-51-37-57(82)65-69(11)33-31-55(80)45(7)63(69)53(75)39-73(65,15)71(51,13)41-59(61)86-47(9)78/h27-28,45-46,51-60,63-66,76,80-83H,17-26,29-42,75H2,1-16H3/p+1/t45-,46-,51-,52-,53?,54?,55-,56-,57-,58-,59+,60+,63?,64?,65?,66?,69+,70+,71+,72+,73+,74+/m1/s1. The van der Waals surface area contributed by atoms with Crippen molar-refractivity contribution in [3.63, 3.8) is 0 Å². The van der Waals surface area contributed by atoms with Crippen LogP contribution in [0.2, 0.25) is 0 Å². The lowest BCUT2D eigenvalue weighted by Crippen LogP contribution is -3.19. The smallest absolute Gasteiger partial charge is 0.342 e. The van der Waals surface area contributed by atoms with Gasteiger partial charge in [-0.3, -0.25) is 14.6 Å². The van der Waals surface area contributed by atoms with Crippen LogP contribution in [-0.4, -0.2) is 106 Å². The summed E-state index contributed by atoms with van der Waals surface area (Å²) in [7, 11) is 0. The molecule has 14 nitrogen and oxygen atoms in total. The van der Waals surface area contributed by atoms with Gasteiger partial charge >= 0.3 is 23.9 Å². The number of ether oxygens (including phenoxy) is 3. The Kier molecular flexibility index (Phi) is 22.3. The molecule has 88 heavy (non-hydrogen) atoms. The lowest BCUT2D eigenvalue weighted by molar-refractivity contribution is -0.950. The monoisotopic (exact) mass is 1230 g/mol. The van der Waals surface area contributed by atoms with Crippen LogP contribution in [0.15, 0.2) is 45.6 Å². The molecular weight excluding hydrogens is 1110 g/mol. The number of esters is 4. The second-order valence-corrected chi connectivity index (χ2v) is 32.2. The van der Waals surface area contributed by atoms with E-state index in [1.54, 1.807) is 0 Å². The maximum Gasteiger partial charge on any atom is 0.342 e. The molecule has 0 bridgehead atoms. The highest BCUT2D eigenvalue weighted by Crippen LogP contribution is 2.76. The number of unbranched alkanes of at least 4 members (excludes halogenated alkanes) is 6. The van der Waals surface area contributed by atoms with Crippen molar-refractivity contribution in [1.29, 1.82) is 0 Å². The Morgan fingerprint density at radius 2 is 0.977 bits per heavy atom. The first-order chi connectivity index (χ1) is 41.3. The maximum absolute atomic E-state index is 15.9. The number of fused-ring (bicyclic) bond motifs is 10. The molecule has 0 aliphatic heterocycles. The van der Waals surface area contributed by atoms with Gasteiger partial charge in [-0.05, 0) is 234 Å². The first-order valence-corrected chi connectivity index (χ1v) is 35.2. The normalized spacial score (nSPS) is 42.8. The minimum Gasteiger partial charge on any atom is -0.458 e. The Labute approximate surface area is 530 Å². The molecule has 8 fully saturated rings. The molecule has 22 atom stereocenters. The minimum atomic E-state index is -0.841. The molecule has 0 radical (unpaired) electrons. The average Bonchev–Trinajstić information content (AvgIpc) is 1.23. The van der Waals surface area contributed by atoms with Crippen LogP contribution in [0, 0.1) is 79.8 Å². The average molecular weight is 1230 g/mol. The summed E-state index contributed by atoms with van der Waals surface area (Å²) in [5, 5.41) is 50.5. The Morgan fingerprint density at radius 3 is 1.39 bits per heavy atom. The fourth-order valence-electron chi connectivity index (χ4n) is 22.5. The van der Waals surface area contributed by atoms with Crippen LogP contribution >= 0.6 is 0 Å². The van der Waals surface area contributed by atoms with Crippen molar-refractivity contribution in [1.82, 2.24) is 5.43 Å². The summed E-state index contributed by atoms with van der Waals surface area (Å²) >= 11 is 0. The van der Waals surface area contributed by atoms with Gasteiger partial charge in [0.1, 0.15) is 12.2 Å². The molecule has 8 aliphatic rings. The summed E-state index contributed by atoms with van der Waals surface area (Å²) in [6.45, 7) is 35.4. The summed E-state index contributed by atoms with van der Waals surface area (Å²) in [5.74, 6) is -3.82. The van der Waals surface area contributed by atoms with Crippen LogP contribution in [0.3, 0.4) is 0 Å². The van der Waals surface area contributed by atoms with E-state index in [2.05, 4.69) is 86.8 Å². The van der Waals surface area contributed by atoms with E-state index in [1.807, 2.05) is 27.7 Å². The third-order valence-electron chi connectivity index (χ3n) is 26.3. The van der Waals surface area contributed by atoms with E-state index in [9.17, 15) is 30.0 Å². The van der Waals surface area contributed by atoms with Gasteiger partial charge in [-0.25, -0.2) is 9.59 Å². The van der Waals surface area contributed by atoms with Crippen LogP contribution in [0.5, 0.6) is 0 Å². The van der Waals surface area contributed by atoms with E-state index in [0.717, 1.165) is 56.3 Å². The third kappa shape index (κ3) is 12.9. The van der Waals surface area contributed by atoms with Crippen LogP contribution in [0.4, 0.5) is 0 Å².